The van der Waals surface area contributed by atoms with Gasteiger partial charge in [0.05, 0.1) is 18.5 Å². The van der Waals surface area contributed by atoms with E-state index < -0.39 is 0 Å². The van der Waals surface area contributed by atoms with Gasteiger partial charge in [-0.05, 0) is 24.3 Å². The minimum atomic E-state index is -0.198. The van der Waals surface area contributed by atoms with E-state index in [1.54, 1.807) is 36.3 Å². The largest absolute Gasteiger partial charge is 0.506 e. The molecule has 1 aliphatic heterocycles. The summed E-state index contributed by atoms with van der Waals surface area (Å²) < 4.78 is 5.40. The summed E-state index contributed by atoms with van der Waals surface area (Å²) in [5.41, 5.74) is 1.47. The van der Waals surface area contributed by atoms with E-state index in [9.17, 15) is 9.90 Å². The maximum atomic E-state index is 12.3. The van der Waals surface area contributed by atoms with Crippen LogP contribution in [0, 0.1) is 0 Å². The fraction of sp³-hybridized carbons (Fsp3) is 0.278. The van der Waals surface area contributed by atoms with E-state index in [0.717, 1.165) is 24.5 Å². The number of nitrogens with one attached hydrogen (secondary N) is 1. The minimum Gasteiger partial charge on any atom is -0.506 e. The highest BCUT2D eigenvalue weighted by molar-refractivity contribution is 5.91. The molecule has 0 aromatic heterocycles. The number of piperazine rings is 1. The number of carbonyl (C=O) groups is 1. The van der Waals surface area contributed by atoms with Crippen molar-refractivity contribution in [3.05, 3.63) is 48.5 Å². The number of nitrogens with zero attached hydrogens (tertiary/aromatic N) is 2. The van der Waals surface area contributed by atoms with Gasteiger partial charge in [0, 0.05) is 26.2 Å². The topological polar surface area (TPSA) is 65.0 Å². The molecule has 0 bridgehead atoms. The number of para-hydroxylation sites is 4. The third-order valence-corrected chi connectivity index (χ3v) is 4.14. The van der Waals surface area contributed by atoms with Crippen LogP contribution in [0.3, 0.4) is 0 Å². The average molecular weight is 327 g/mol. The summed E-state index contributed by atoms with van der Waals surface area (Å²) in [4.78, 5) is 16.3. The van der Waals surface area contributed by atoms with Gasteiger partial charge in [0.2, 0.25) is 0 Å². The van der Waals surface area contributed by atoms with Crippen molar-refractivity contribution in [1.29, 1.82) is 0 Å². The van der Waals surface area contributed by atoms with Crippen LogP contribution in [-0.2, 0) is 0 Å². The second kappa shape index (κ2) is 7.12. The Labute approximate surface area is 141 Å². The standard InChI is InChI=1S/C18H21N3O3/c1-24-17-9-5-3-7-15(17)20-10-12-21(13-11-20)18(23)19-14-6-2-4-8-16(14)22/h2-9,22H,10-13H2,1H3,(H,19,23). The summed E-state index contributed by atoms with van der Waals surface area (Å²) in [5.74, 6) is 0.906. The maximum absolute atomic E-state index is 12.3. The molecule has 2 N–H and O–H groups in total. The Hall–Kier alpha value is -2.89. The monoisotopic (exact) mass is 327 g/mol. The van der Waals surface area contributed by atoms with Crippen LogP contribution in [0.25, 0.3) is 0 Å². The van der Waals surface area contributed by atoms with E-state index in [0.29, 0.717) is 18.8 Å². The number of aromatic hydroxyl groups is 1. The Bertz CT molecular complexity index is 712. The van der Waals surface area contributed by atoms with Gasteiger partial charge in [-0.3, -0.25) is 0 Å². The number of hydrogen-bond acceptors (Lipinski definition) is 4. The Morgan fingerprint density at radius 1 is 1.04 bits per heavy atom. The van der Waals surface area contributed by atoms with Crippen molar-refractivity contribution in [3.8, 4) is 11.5 Å². The number of anilines is 2. The SMILES string of the molecule is COc1ccccc1N1CCN(C(=O)Nc2ccccc2O)CC1. The number of ether oxygens (including phenoxy) is 1. The van der Waals surface area contributed by atoms with Gasteiger partial charge < -0.3 is 25.0 Å². The van der Waals surface area contributed by atoms with E-state index in [1.165, 1.54) is 0 Å². The first kappa shape index (κ1) is 16.0. The molecule has 0 spiro atoms. The van der Waals surface area contributed by atoms with Crippen LogP contribution in [0.5, 0.6) is 11.5 Å². The molecule has 2 aromatic rings. The van der Waals surface area contributed by atoms with Gasteiger partial charge >= 0.3 is 6.03 Å². The van der Waals surface area contributed by atoms with E-state index in [2.05, 4.69) is 10.2 Å². The third kappa shape index (κ3) is 3.37. The van der Waals surface area contributed by atoms with Crippen LogP contribution < -0.4 is 15.0 Å². The number of hydrogen-bond donors (Lipinski definition) is 2. The Morgan fingerprint density at radius 2 is 1.71 bits per heavy atom. The van der Waals surface area contributed by atoms with Crippen LogP contribution in [0.4, 0.5) is 16.2 Å². The number of carbonyl (C=O) groups excluding carboxylic acids is 1. The molecule has 2 amide bonds. The number of urea groups is 1. The number of phenolic OH excluding ortho intramolecular Hbond substituents is 1. The predicted octanol–water partition coefficient (Wildman–Crippen LogP) is 2.75. The van der Waals surface area contributed by atoms with Crippen LogP contribution in [0.2, 0.25) is 0 Å². The van der Waals surface area contributed by atoms with Gasteiger partial charge in [-0.15, -0.1) is 0 Å². The molecule has 1 fully saturated rings. The molecule has 126 valence electrons. The summed E-state index contributed by atoms with van der Waals surface area (Å²) in [5, 5.41) is 12.5. The highest BCUT2D eigenvalue weighted by atomic mass is 16.5. The smallest absolute Gasteiger partial charge is 0.322 e. The Kier molecular flexibility index (Phi) is 4.74. The molecule has 0 atom stereocenters. The lowest BCUT2D eigenvalue weighted by Gasteiger charge is -2.36. The van der Waals surface area contributed by atoms with Crippen LogP contribution in [0.1, 0.15) is 0 Å². The second-order valence-corrected chi connectivity index (χ2v) is 5.59. The first-order chi connectivity index (χ1) is 11.7. The summed E-state index contributed by atoms with van der Waals surface area (Å²) >= 11 is 0. The van der Waals surface area contributed by atoms with Gasteiger partial charge in [-0.2, -0.15) is 0 Å². The zero-order valence-corrected chi connectivity index (χ0v) is 13.6. The maximum Gasteiger partial charge on any atom is 0.322 e. The number of benzene rings is 2. The van der Waals surface area contributed by atoms with Crippen molar-refractivity contribution in [1.82, 2.24) is 4.90 Å². The highest BCUT2D eigenvalue weighted by Crippen LogP contribution is 2.28. The molecular formula is C18H21N3O3. The fourth-order valence-electron chi connectivity index (χ4n) is 2.82. The third-order valence-electron chi connectivity index (χ3n) is 4.14. The number of amides is 2. The summed E-state index contributed by atoms with van der Waals surface area (Å²) in [6.07, 6.45) is 0. The second-order valence-electron chi connectivity index (χ2n) is 5.59. The lowest BCUT2D eigenvalue weighted by molar-refractivity contribution is 0.208. The van der Waals surface area contributed by atoms with Gasteiger partial charge in [-0.1, -0.05) is 24.3 Å². The quantitative estimate of drug-likeness (QED) is 0.851. The molecule has 6 nitrogen and oxygen atoms in total. The molecule has 1 saturated heterocycles. The van der Waals surface area contributed by atoms with Gasteiger partial charge in [0.15, 0.2) is 0 Å². The zero-order chi connectivity index (χ0) is 16.9. The normalized spacial score (nSPS) is 14.4. The van der Waals surface area contributed by atoms with Gasteiger partial charge in [-0.25, -0.2) is 4.79 Å². The molecule has 0 radical (unpaired) electrons. The lowest BCUT2D eigenvalue weighted by Crippen LogP contribution is -2.50. The zero-order valence-electron chi connectivity index (χ0n) is 13.6. The molecule has 1 heterocycles. The Morgan fingerprint density at radius 3 is 2.42 bits per heavy atom. The average Bonchev–Trinajstić information content (AvgIpc) is 2.63. The van der Waals surface area contributed by atoms with E-state index in [4.69, 9.17) is 4.74 Å². The fourth-order valence-corrected chi connectivity index (χ4v) is 2.82. The summed E-state index contributed by atoms with van der Waals surface area (Å²) in [6, 6.07) is 14.4. The van der Waals surface area contributed by atoms with Crippen LogP contribution in [0.15, 0.2) is 48.5 Å². The van der Waals surface area contributed by atoms with Crippen molar-refractivity contribution in [2.75, 3.05) is 43.5 Å². The van der Waals surface area contributed by atoms with E-state index in [-0.39, 0.29) is 11.8 Å². The minimum absolute atomic E-state index is 0.0681. The molecular weight excluding hydrogens is 306 g/mol. The molecule has 1 aliphatic rings. The number of phenols is 1. The van der Waals surface area contributed by atoms with Crippen molar-refractivity contribution in [3.63, 3.8) is 0 Å². The van der Waals surface area contributed by atoms with Crippen LogP contribution in [-0.4, -0.2) is 49.3 Å². The first-order valence-corrected chi connectivity index (χ1v) is 7.91. The molecule has 0 unspecified atom stereocenters. The van der Waals surface area contributed by atoms with Crippen molar-refractivity contribution in [2.24, 2.45) is 0 Å². The molecule has 0 aliphatic carbocycles. The van der Waals surface area contributed by atoms with Crippen molar-refractivity contribution >= 4 is 17.4 Å². The van der Waals surface area contributed by atoms with Crippen molar-refractivity contribution < 1.29 is 14.6 Å². The molecule has 2 aromatic carbocycles. The highest BCUT2D eigenvalue weighted by Gasteiger charge is 2.23. The summed E-state index contributed by atoms with van der Waals surface area (Å²) in [7, 11) is 1.66. The number of rotatable bonds is 3. The molecule has 0 saturated carbocycles. The van der Waals surface area contributed by atoms with E-state index >= 15 is 0 Å². The van der Waals surface area contributed by atoms with Crippen LogP contribution >= 0.6 is 0 Å². The van der Waals surface area contributed by atoms with Gasteiger partial charge in [0.25, 0.3) is 0 Å². The summed E-state index contributed by atoms with van der Waals surface area (Å²) in [6.45, 7) is 2.68. The lowest BCUT2D eigenvalue weighted by atomic mass is 10.2. The van der Waals surface area contributed by atoms with Gasteiger partial charge in [0.1, 0.15) is 11.5 Å². The van der Waals surface area contributed by atoms with E-state index in [1.807, 2.05) is 24.3 Å². The predicted molar refractivity (Wildman–Crippen MR) is 93.9 cm³/mol. The molecule has 3 rings (SSSR count). The number of methoxy groups -OCH3 is 1. The first-order valence-electron chi connectivity index (χ1n) is 7.91. The Balaban J connectivity index is 1.61. The molecule has 6 heteroatoms. The molecule has 24 heavy (non-hydrogen) atoms. The van der Waals surface area contributed by atoms with Crippen molar-refractivity contribution in [2.45, 2.75) is 0 Å².